The number of hydrogen-bond donors (Lipinski definition) is 1. The van der Waals surface area contributed by atoms with Crippen LogP contribution in [0.3, 0.4) is 0 Å². The smallest absolute Gasteiger partial charge is 0.0484 e. The third-order valence-electron chi connectivity index (χ3n) is 3.16. The number of hydrogen-bond acceptors (Lipinski definition) is 2. The number of nitrogens with one attached hydrogen (secondary N) is 1. The zero-order valence-electron chi connectivity index (χ0n) is 10.0. The van der Waals surface area contributed by atoms with E-state index in [9.17, 15) is 0 Å². The minimum atomic E-state index is 0.498. The van der Waals surface area contributed by atoms with Gasteiger partial charge in [0.25, 0.3) is 0 Å². The van der Waals surface area contributed by atoms with Crippen molar-refractivity contribution in [3.63, 3.8) is 0 Å². The van der Waals surface area contributed by atoms with Crippen molar-refractivity contribution in [2.24, 2.45) is 0 Å². The molecular weight excluding hydrogens is 198 g/mol. The van der Waals surface area contributed by atoms with Crippen molar-refractivity contribution in [2.45, 2.75) is 38.8 Å². The van der Waals surface area contributed by atoms with E-state index < -0.39 is 0 Å². The van der Waals surface area contributed by atoms with E-state index in [1.165, 1.54) is 24.0 Å². The Balaban J connectivity index is 1.76. The van der Waals surface area contributed by atoms with Crippen LogP contribution in [0.25, 0.3) is 0 Å². The SMILES string of the molecule is CCCCOCCC1NCc2ccccc21. The van der Waals surface area contributed by atoms with Gasteiger partial charge in [-0.1, -0.05) is 37.6 Å². The Morgan fingerprint density at radius 2 is 2.19 bits per heavy atom. The van der Waals surface area contributed by atoms with E-state index >= 15 is 0 Å². The molecule has 0 saturated carbocycles. The van der Waals surface area contributed by atoms with Gasteiger partial charge in [-0.25, -0.2) is 0 Å². The fourth-order valence-corrected chi connectivity index (χ4v) is 2.19. The maximum Gasteiger partial charge on any atom is 0.0484 e. The maximum atomic E-state index is 5.61. The van der Waals surface area contributed by atoms with E-state index in [1.807, 2.05) is 0 Å². The Morgan fingerprint density at radius 1 is 1.31 bits per heavy atom. The number of unbranched alkanes of at least 4 members (excludes halogenated alkanes) is 1. The predicted octanol–water partition coefficient (Wildman–Crippen LogP) is 3.04. The fourth-order valence-electron chi connectivity index (χ4n) is 2.19. The zero-order chi connectivity index (χ0) is 11.2. The van der Waals surface area contributed by atoms with Crippen molar-refractivity contribution in [1.82, 2.24) is 5.32 Å². The van der Waals surface area contributed by atoms with Crippen LogP contribution in [-0.2, 0) is 11.3 Å². The zero-order valence-corrected chi connectivity index (χ0v) is 10.0. The average molecular weight is 219 g/mol. The number of benzene rings is 1. The molecule has 0 bridgehead atoms. The highest BCUT2D eigenvalue weighted by Gasteiger charge is 2.20. The molecule has 0 radical (unpaired) electrons. The van der Waals surface area contributed by atoms with Gasteiger partial charge in [0.1, 0.15) is 0 Å². The number of fused-ring (bicyclic) bond motifs is 1. The Hall–Kier alpha value is -0.860. The summed E-state index contributed by atoms with van der Waals surface area (Å²) in [5.74, 6) is 0. The minimum absolute atomic E-state index is 0.498. The molecular formula is C14H21NO. The lowest BCUT2D eigenvalue weighted by Gasteiger charge is -2.12. The normalized spacial score (nSPS) is 18.7. The van der Waals surface area contributed by atoms with E-state index in [2.05, 4.69) is 36.5 Å². The summed E-state index contributed by atoms with van der Waals surface area (Å²) in [7, 11) is 0. The highest BCUT2D eigenvalue weighted by Crippen LogP contribution is 2.27. The van der Waals surface area contributed by atoms with Gasteiger partial charge in [0.15, 0.2) is 0 Å². The second-order valence-electron chi connectivity index (χ2n) is 4.39. The summed E-state index contributed by atoms with van der Waals surface area (Å²) in [6, 6.07) is 9.17. The largest absolute Gasteiger partial charge is 0.381 e. The monoisotopic (exact) mass is 219 g/mol. The molecule has 1 atom stereocenters. The molecule has 2 heteroatoms. The molecule has 1 N–H and O–H groups in total. The molecule has 2 rings (SSSR count). The second-order valence-corrected chi connectivity index (χ2v) is 4.39. The van der Waals surface area contributed by atoms with Crippen LogP contribution in [0, 0.1) is 0 Å². The van der Waals surface area contributed by atoms with E-state index in [1.54, 1.807) is 0 Å². The molecule has 0 aliphatic carbocycles. The molecule has 1 aliphatic heterocycles. The van der Waals surface area contributed by atoms with Gasteiger partial charge in [-0.15, -0.1) is 0 Å². The summed E-state index contributed by atoms with van der Waals surface area (Å²) >= 11 is 0. The summed E-state index contributed by atoms with van der Waals surface area (Å²) in [5.41, 5.74) is 2.91. The van der Waals surface area contributed by atoms with Gasteiger partial charge >= 0.3 is 0 Å². The second kappa shape index (κ2) is 6.02. The van der Waals surface area contributed by atoms with Crippen molar-refractivity contribution in [3.05, 3.63) is 35.4 Å². The van der Waals surface area contributed by atoms with Gasteiger partial charge in [-0.05, 0) is 24.0 Å². The van der Waals surface area contributed by atoms with Gasteiger partial charge in [-0.2, -0.15) is 0 Å². The molecule has 0 saturated heterocycles. The molecule has 0 aromatic heterocycles. The number of ether oxygens (including phenoxy) is 1. The van der Waals surface area contributed by atoms with Crippen LogP contribution in [0.15, 0.2) is 24.3 Å². The van der Waals surface area contributed by atoms with Crippen LogP contribution >= 0.6 is 0 Å². The summed E-state index contributed by atoms with van der Waals surface area (Å²) in [6.45, 7) is 4.98. The molecule has 0 spiro atoms. The highest BCUT2D eigenvalue weighted by atomic mass is 16.5. The summed E-state index contributed by atoms with van der Waals surface area (Å²) in [4.78, 5) is 0. The lowest BCUT2D eigenvalue weighted by atomic mass is 10.0. The molecule has 1 aromatic rings. The van der Waals surface area contributed by atoms with Gasteiger partial charge in [0.2, 0.25) is 0 Å². The lowest BCUT2D eigenvalue weighted by Crippen LogP contribution is -2.14. The highest BCUT2D eigenvalue weighted by molar-refractivity contribution is 5.33. The van der Waals surface area contributed by atoms with Gasteiger partial charge in [0, 0.05) is 25.8 Å². The van der Waals surface area contributed by atoms with Crippen molar-refractivity contribution >= 4 is 0 Å². The van der Waals surface area contributed by atoms with Crippen molar-refractivity contribution in [2.75, 3.05) is 13.2 Å². The van der Waals surface area contributed by atoms with Gasteiger partial charge in [-0.3, -0.25) is 0 Å². The lowest BCUT2D eigenvalue weighted by molar-refractivity contribution is 0.122. The minimum Gasteiger partial charge on any atom is -0.381 e. The van der Waals surface area contributed by atoms with Crippen LogP contribution in [0.5, 0.6) is 0 Å². The first-order chi connectivity index (χ1) is 7.92. The molecule has 16 heavy (non-hydrogen) atoms. The van der Waals surface area contributed by atoms with Crippen molar-refractivity contribution in [3.8, 4) is 0 Å². The first-order valence-corrected chi connectivity index (χ1v) is 6.30. The average Bonchev–Trinajstić information content (AvgIpc) is 2.73. The van der Waals surface area contributed by atoms with Crippen LogP contribution in [0.2, 0.25) is 0 Å². The Morgan fingerprint density at radius 3 is 3.06 bits per heavy atom. The van der Waals surface area contributed by atoms with E-state index in [0.29, 0.717) is 6.04 Å². The Kier molecular flexibility index (Phi) is 4.37. The van der Waals surface area contributed by atoms with Crippen LogP contribution in [-0.4, -0.2) is 13.2 Å². The van der Waals surface area contributed by atoms with Crippen molar-refractivity contribution in [1.29, 1.82) is 0 Å². The van der Waals surface area contributed by atoms with Crippen LogP contribution in [0.4, 0.5) is 0 Å². The molecule has 1 unspecified atom stereocenters. The molecule has 0 fully saturated rings. The third kappa shape index (κ3) is 2.83. The van der Waals surface area contributed by atoms with Crippen LogP contribution in [0.1, 0.15) is 43.4 Å². The van der Waals surface area contributed by atoms with Gasteiger partial charge < -0.3 is 10.1 Å². The molecule has 2 nitrogen and oxygen atoms in total. The first kappa shape index (κ1) is 11.6. The van der Waals surface area contributed by atoms with Crippen LogP contribution < -0.4 is 5.32 Å². The van der Waals surface area contributed by atoms with E-state index in [0.717, 1.165) is 26.2 Å². The molecule has 88 valence electrons. The Labute approximate surface area is 98.0 Å². The molecule has 1 aromatic carbocycles. The predicted molar refractivity (Wildman–Crippen MR) is 66.4 cm³/mol. The van der Waals surface area contributed by atoms with Crippen molar-refractivity contribution < 1.29 is 4.74 Å². The Bertz CT molecular complexity index is 324. The van der Waals surface area contributed by atoms with E-state index in [4.69, 9.17) is 4.74 Å². The number of rotatable bonds is 6. The van der Waals surface area contributed by atoms with E-state index in [-0.39, 0.29) is 0 Å². The summed E-state index contributed by atoms with van der Waals surface area (Å²) < 4.78 is 5.61. The maximum absolute atomic E-state index is 5.61. The molecule has 0 amide bonds. The topological polar surface area (TPSA) is 21.3 Å². The summed E-state index contributed by atoms with van der Waals surface area (Å²) in [6.07, 6.45) is 3.47. The standard InChI is InChI=1S/C14H21NO/c1-2-3-9-16-10-8-14-13-7-5-4-6-12(13)11-15-14/h4-7,14-15H,2-3,8-11H2,1H3. The summed E-state index contributed by atoms with van der Waals surface area (Å²) in [5, 5.41) is 3.53. The quantitative estimate of drug-likeness (QED) is 0.742. The molecule has 1 aliphatic rings. The molecule has 1 heterocycles. The third-order valence-corrected chi connectivity index (χ3v) is 3.16. The fraction of sp³-hybridized carbons (Fsp3) is 0.571. The van der Waals surface area contributed by atoms with Gasteiger partial charge in [0.05, 0.1) is 0 Å². The first-order valence-electron chi connectivity index (χ1n) is 6.30.